The first-order chi connectivity index (χ1) is 6.08. The van der Waals surface area contributed by atoms with Gasteiger partial charge in [0.05, 0.1) is 20.3 Å². The molecule has 0 bridgehead atoms. The highest BCUT2D eigenvalue weighted by Gasteiger charge is 2.22. The van der Waals surface area contributed by atoms with Crippen LogP contribution in [0.4, 0.5) is 0 Å². The van der Waals surface area contributed by atoms with Crippen LogP contribution in [0, 0.1) is 0 Å². The minimum absolute atomic E-state index is 0.283. The first-order valence-electron chi connectivity index (χ1n) is 4.08. The van der Waals surface area contributed by atoms with E-state index < -0.39 is 7.75 Å². The fourth-order valence-electron chi connectivity index (χ4n) is 0.635. The summed E-state index contributed by atoms with van der Waals surface area (Å²) in [5.41, 5.74) is 0. The summed E-state index contributed by atoms with van der Waals surface area (Å²) < 4.78 is 30.0. The van der Waals surface area contributed by atoms with Crippen LogP contribution in [0.1, 0.15) is 20.8 Å². The molecular weight excluding hydrogens is 193 g/mol. The average Bonchev–Trinajstić information content (AvgIpc) is 2.04. The molecule has 0 fully saturated rings. The van der Waals surface area contributed by atoms with Crippen LogP contribution in [0.3, 0.4) is 0 Å². The number of methoxy groups -OCH3 is 1. The van der Waals surface area contributed by atoms with Gasteiger partial charge in [-0.25, -0.2) is 4.57 Å². The SMILES string of the molecule is CCOP(=O)(N=C(C)OC)OCC. The molecule has 0 spiro atoms. The Morgan fingerprint density at radius 2 is 1.77 bits per heavy atom. The summed E-state index contributed by atoms with van der Waals surface area (Å²) in [6.45, 7) is 5.62. The van der Waals surface area contributed by atoms with E-state index >= 15 is 0 Å². The Morgan fingerprint density at radius 1 is 1.31 bits per heavy atom. The monoisotopic (exact) mass is 209 g/mol. The molecule has 0 N–H and O–H groups in total. The summed E-state index contributed by atoms with van der Waals surface area (Å²) in [5.74, 6) is 0.283. The zero-order valence-corrected chi connectivity index (χ0v) is 9.34. The van der Waals surface area contributed by atoms with Gasteiger partial charge in [-0.2, -0.15) is 0 Å². The van der Waals surface area contributed by atoms with Gasteiger partial charge in [-0.05, 0) is 13.8 Å². The molecule has 0 atom stereocenters. The van der Waals surface area contributed by atoms with Crippen molar-refractivity contribution in [1.29, 1.82) is 0 Å². The first-order valence-corrected chi connectivity index (χ1v) is 5.57. The summed E-state index contributed by atoms with van der Waals surface area (Å²) >= 11 is 0. The number of nitrogens with zero attached hydrogens (tertiary/aromatic N) is 1. The van der Waals surface area contributed by atoms with Crippen LogP contribution in [0.2, 0.25) is 0 Å². The van der Waals surface area contributed by atoms with Gasteiger partial charge in [-0.3, -0.25) is 9.05 Å². The van der Waals surface area contributed by atoms with Gasteiger partial charge < -0.3 is 4.74 Å². The zero-order valence-electron chi connectivity index (χ0n) is 8.44. The number of ether oxygens (including phenoxy) is 1. The van der Waals surface area contributed by atoms with E-state index in [1.165, 1.54) is 7.11 Å². The standard InChI is InChI=1S/C7H16NO4P/c1-5-11-13(9,12-6-2)8-7(3)10-4/h5-6H2,1-4H3. The van der Waals surface area contributed by atoms with Crippen molar-refractivity contribution in [3.63, 3.8) is 0 Å². The average molecular weight is 209 g/mol. The third-order valence-electron chi connectivity index (χ3n) is 1.14. The lowest BCUT2D eigenvalue weighted by Crippen LogP contribution is -1.99. The molecule has 78 valence electrons. The maximum absolute atomic E-state index is 11.7. The normalized spacial score (nSPS) is 13.1. The lowest BCUT2D eigenvalue weighted by Gasteiger charge is -2.11. The first kappa shape index (κ1) is 12.6. The molecule has 0 aromatic heterocycles. The van der Waals surface area contributed by atoms with Crippen molar-refractivity contribution in [2.45, 2.75) is 20.8 Å². The van der Waals surface area contributed by atoms with Gasteiger partial charge in [-0.15, -0.1) is 4.76 Å². The van der Waals surface area contributed by atoms with Crippen molar-refractivity contribution in [2.75, 3.05) is 20.3 Å². The maximum atomic E-state index is 11.7. The Labute approximate surface area is 78.7 Å². The van der Waals surface area contributed by atoms with E-state index in [4.69, 9.17) is 13.8 Å². The van der Waals surface area contributed by atoms with Crippen LogP contribution >= 0.6 is 7.75 Å². The van der Waals surface area contributed by atoms with Crippen molar-refractivity contribution in [3.05, 3.63) is 0 Å². The number of rotatable bonds is 5. The second-order valence-electron chi connectivity index (χ2n) is 2.13. The van der Waals surface area contributed by atoms with E-state index in [9.17, 15) is 4.57 Å². The van der Waals surface area contributed by atoms with Gasteiger partial charge in [-0.1, -0.05) is 0 Å². The lowest BCUT2D eigenvalue weighted by molar-refractivity contribution is 0.220. The molecule has 0 rings (SSSR count). The second-order valence-corrected chi connectivity index (χ2v) is 3.78. The highest BCUT2D eigenvalue weighted by Crippen LogP contribution is 2.49. The summed E-state index contributed by atoms with van der Waals surface area (Å²) in [6, 6.07) is 0. The molecule has 13 heavy (non-hydrogen) atoms. The summed E-state index contributed by atoms with van der Waals surface area (Å²) in [7, 11) is -1.88. The third-order valence-corrected chi connectivity index (χ3v) is 2.84. The summed E-state index contributed by atoms with van der Waals surface area (Å²) in [6.07, 6.45) is 0. The highest BCUT2D eigenvalue weighted by atomic mass is 31.2. The van der Waals surface area contributed by atoms with Crippen LogP contribution in [0.25, 0.3) is 0 Å². The van der Waals surface area contributed by atoms with E-state index in [1.807, 2.05) is 0 Å². The van der Waals surface area contributed by atoms with Crippen molar-refractivity contribution in [2.24, 2.45) is 4.76 Å². The molecule has 0 saturated heterocycles. The van der Waals surface area contributed by atoms with Gasteiger partial charge in [0.2, 0.25) is 0 Å². The summed E-state index contributed by atoms with van der Waals surface area (Å²) in [4.78, 5) is 0. The smallest absolute Gasteiger partial charge is 0.456 e. The van der Waals surface area contributed by atoms with Gasteiger partial charge >= 0.3 is 7.75 Å². The topological polar surface area (TPSA) is 57.1 Å². The number of hydrogen-bond donors (Lipinski definition) is 0. The molecular formula is C7H16NO4P. The van der Waals surface area contributed by atoms with E-state index in [1.54, 1.807) is 20.8 Å². The van der Waals surface area contributed by atoms with Gasteiger partial charge in [0.25, 0.3) is 0 Å². The van der Waals surface area contributed by atoms with Gasteiger partial charge in [0.15, 0.2) is 5.90 Å². The quantitative estimate of drug-likeness (QED) is 0.395. The Kier molecular flexibility index (Phi) is 5.95. The van der Waals surface area contributed by atoms with E-state index in [2.05, 4.69) is 4.76 Å². The largest absolute Gasteiger partial charge is 0.484 e. The molecule has 0 unspecified atom stereocenters. The molecule has 0 aliphatic carbocycles. The molecule has 0 radical (unpaired) electrons. The van der Waals surface area contributed by atoms with Crippen LogP contribution in [-0.2, 0) is 18.3 Å². The Bertz CT molecular complexity index is 207. The van der Waals surface area contributed by atoms with Crippen molar-refractivity contribution < 1.29 is 18.3 Å². The van der Waals surface area contributed by atoms with Crippen LogP contribution < -0.4 is 0 Å². The van der Waals surface area contributed by atoms with Crippen molar-refractivity contribution >= 4 is 13.6 Å². The maximum Gasteiger partial charge on any atom is 0.456 e. The Balaban J connectivity index is 4.49. The van der Waals surface area contributed by atoms with E-state index in [0.717, 1.165) is 0 Å². The molecule has 0 amide bonds. The minimum atomic E-state index is -3.33. The molecule has 5 nitrogen and oxygen atoms in total. The van der Waals surface area contributed by atoms with Crippen molar-refractivity contribution in [3.8, 4) is 0 Å². The van der Waals surface area contributed by atoms with E-state index in [-0.39, 0.29) is 19.1 Å². The predicted molar refractivity (Wildman–Crippen MR) is 51.0 cm³/mol. The van der Waals surface area contributed by atoms with Gasteiger partial charge in [0.1, 0.15) is 0 Å². The van der Waals surface area contributed by atoms with Crippen LogP contribution in [0.15, 0.2) is 4.76 Å². The molecule has 0 saturated carbocycles. The fourth-order valence-corrected chi connectivity index (χ4v) is 1.90. The molecule has 0 aromatic carbocycles. The van der Waals surface area contributed by atoms with Crippen LogP contribution in [0.5, 0.6) is 0 Å². The third kappa shape index (κ3) is 5.03. The number of hydrogen-bond acceptors (Lipinski definition) is 4. The second kappa shape index (κ2) is 6.13. The van der Waals surface area contributed by atoms with Gasteiger partial charge in [0, 0.05) is 6.92 Å². The predicted octanol–water partition coefficient (Wildman–Crippen LogP) is 2.23. The molecule has 0 aliphatic rings. The molecule has 0 heterocycles. The lowest BCUT2D eigenvalue weighted by atomic mass is 10.8. The van der Waals surface area contributed by atoms with Crippen LogP contribution in [-0.4, -0.2) is 26.2 Å². The summed E-state index contributed by atoms with van der Waals surface area (Å²) in [5, 5.41) is 0. The van der Waals surface area contributed by atoms with E-state index in [0.29, 0.717) is 0 Å². The zero-order chi connectivity index (χ0) is 10.3. The minimum Gasteiger partial charge on any atom is -0.484 e. The van der Waals surface area contributed by atoms with Crippen molar-refractivity contribution in [1.82, 2.24) is 0 Å². The molecule has 0 aromatic rings. The Morgan fingerprint density at radius 3 is 2.08 bits per heavy atom. The highest BCUT2D eigenvalue weighted by molar-refractivity contribution is 7.52. The Hall–Kier alpha value is -0.380. The molecule has 0 aliphatic heterocycles. The fraction of sp³-hybridized carbons (Fsp3) is 0.857. The molecule has 6 heteroatoms.